The largest absolute Gasteiger partial charge is 0.354 e. The minimum absolute atomic E-state index is 0.0644. The van der Waals surface area contributed by atoms with E-state index in [0.29, 0.717) is 17.7 Å². The average molecular weight is 284 g/mol. The summed E-state index contributed by atoms with van der Waals surface area (Å²) < 4.78 is 2.69. The van der Waals surface area contributed by atoms with E-state index in [1.807, 2.05) is 28.8 Å². The summed E-state index contributed by atoms with van der Waals surface area (Å²) in [7, 11) is 0. The van der Waals surface area contributed by atoms with Crippen LogP contribution in [-0.4, -0.2) is 27.0 Å². The lowest BCUT2D eigenvalue weighted by Crippen LogP contribution is -2.15. The van der Waals surface area contributed by atoms with Crippen LogP contribution in [0, 0.1) is 4.77 Å². The first-order valence-electron chi connectivity index (χ1n) is 6.49. The van der Waals surface area contributed by atoms with Crippen molar-refractivity contribution in [3.63, 3.8) is 0 Å². The van der Waals surface area contributed by atoms with Crippen LogP contribution in [0.3, 0.4) is 0 Å². The van der Waals surface area contributed by atoms with Crippen LogP contribution in [0.5, 0.6) is 0 Å². The van der Waals surface area contributed by atoms with Crippen molar-refractivity contribution in [3.8, 4) is 0 Å². The van der Waals surface area contributed by atoms with Crippen molar-refractivity contribution >= 4 is 40.1 Å². The van der Waals surface area contributed by atoms with Gasteiger partial charge < -0.3 is 14.9 Å². The summed E-state index contributed by atoms with van der Waals surface area (Å²) in [6.07, 6.45) is 2.27. The number of aromatic amines is 1. The van der Waals surface area contributed by atoms with Crippen LogP contribution in [0.15, 0.2) is 30.5 Å². The number of hydrogen-bond donors (Lipinski definition) is 2. The van der Waals surface area contributed by atoms with Crippen molar-refractivity contribution in [2.24, 2.45) is 0 Å². The molecule has 1 aromatic carbocycles. The third-order valence-corrected chi connectivity index (χ3v) is 4.07. The zero-order chi connectivity index (χ0) is 13.7. The van der Waals surface area contributed by atoms with Crippen molar-refractivity contribution < 1.29 is 4.79 Å². The number of imidazole rings is 1. The summed E-state index contributed by atoms with van der Waals surface area (Å²) in [6.45, 7) is 0.622. The predicted molar refractivity (Wildman–Crippen MR) is 79.1 cm³/mol. The molecule has 0 bridgehead atoms. The fraction of sp³-hybridized carbons (Fsp3) is 0.214. The molecule has 0 spiro atoms. The van der Waals surface area contributed by atoms with E-state index in [1.165, 1.54) is 0 Å². The molecule has 0 saturated carbocycles. The second kappa shape index (κ2) is 4.14. The second-order valence-corrected chi connectivity index (χ2v) is 5.39. The second-order valence-electron chi connectivity index (χ2n) is 5.00. The van der Waals surface area contributed by atoms with E-state index in [-0.39, 0.29) is 11.9 Å². The van der Waals surface area contributed by atoms with E-state index in [1.54, 1.807) is 6.20 Å². The molecule has 1 unspecified atom stereocenters. The van der Waals surface area contributed by atoms with E-state index < -0.39 is 0 Å². The molecule has 1 aliphatic heterocycles. The maximum Gasteiger partial charge on any atom is 0.222 e. The minimum Gasteiger partial charge on any atom is -0.354 e. The molecule has 1 atom stereocenters. The van der Waals surface area contributed by atoms with E-state index in [9.17, 15) is 4.79 Å². The lowest BCUT2D eigenvalue weighted by atomic mass is 10.1. The fourth-order valence-corrected chi connectivity index (χ4v) is 3.23. The highest BCUT2D eigenvalue weighted by atomic mass is 32.1. The highest BCUT2D eigenvalue weighted by Gasteiger charge is 2.25. The lowest BCUT2D eigenvalue weighted by molar-refractivity contribution is -0.119. The first-order valence-corrected chi connectivity index (χ1v) is 6.89. The van der Waals surface area contributed by atoms with E-state index in [2.05, 4.69) is 15.3 Å². The van der Waals surface area contributed by atoms with Crippen molar-refractivity contribution in [2.75, 3.05) is 6.54 Å². The molecule has 1 amide bonds. The molecule has 1 aliphatic rings. The molecule has 2 aromatic heterocycles. The van der Waals surface area contributed by atoms with Gasteiger partial charge in [0.25, 0.3) is 0 Å². The van der Waals surface area contributed by atoms with Crippen molar-refractivity contribution in [1.29, 1.82) is 0 Å². The van der Waals surface area contributed by atoms with Crippen LogP contribution >= 0.6 is 12.2 Å². The molecule has 100 valence electrons. The van der Waals surface area contributed by atoms with Crippen molar-refractivity contribution in [1.82, 2.24) is 19.9 Å². The van der Waals surface area contributed by atoms with E-state index in [4.69, 9.17) is 12.2 Å². The number of nitrogens with one attached hydrogen (secondary N) is 2. The molecule has 4 rings (SSSR count). The Morgan fingerprint density at radius 1 is 1.35 bits per heavy atom. The van der Waals surface area contributed by atoms with Gasteiger partial charge in [-0.3, -0.25) is 9.78 Å². The molecule has 1 fully saturated rings. The van der Waals surface area contributed by atoms with Gasteiger partial charge in [0, 0.05) is 18.4 Å². The Balaban J connectivity index is 2.09. The van der Waals surface area contributed by atoms with Crippen LogP contribution < -0.4 is 5.32 Å². The van der Waals surface area contributed by atoms with Crippen molar-refractivity contribution in [3.05, 3.63) is 35.2 Å². The fourth-order valence-electron chi connectivity index (χ4n) is 2.88. The number of amides is 1. The molecule has 20 heavy (non-hydrogen) atoms. The van der Waals surface area contributed by atoms with Gasteiger partial charge in [-0.25, -0.2) is 0 Å². The molecule has 5 nitrogen and oxygen atoms in total. The number of para-hydroxylation sites is 1. The van der Waals surface area contributed by atoms with Gasteiger partial charge in [-0.2, -0.15) is 0 Å². The zero-order valence-electron chi connectivity index (χ0n) is 10.6. The Morgan fingerprint density at radius 2 is 2.20 bits per heavy atom. The number of aromatic nitrogens is 3. The smallest absolute Gasteiger partial charge is 0.222 e. The van der Waals surface area contributed by atoms with Crippen LogP contribution in [0.4, 0.5) is 0 Å². The third-order valence-electron chi connectivity index (χ3n) is 3.77. The molecular weight excluding hydrogens is 272 g/mol. The Labute approximate surface area is 119 Å². The van der Waals surface area contributed by atoms with Crippen molar-refractivity contribution in [2.45, 2.75) is 12.5 Å². The van der Waals surface area contributed by atoms with E-state index in [0.717, 1.165) is 21.9 Å². The van der Waals surface area contributed by atoms with Crippen LogP contribution in [-0.2, 0) is 4.79 Å². The molecule has 3 heterocycles. The Morgan fingerprint density at radius 3 is 3.00 bits per heavy atom. The standard InChI is InChI=1S/C14H12N4OS/c19-12-5-8(6-16-12)18-13-9-3-1-2-4-10(9)15-7-11(13)17-14(18)20/h1-4,7-8H,5-6H2,(H,16,19)(H,17,20). The zero-order valence-corrected chi connectivity index (χ0v) is 11.4. The number of fused-ring (bicyclic) bond motifs is 3. The topological polar surface area (TPSA) is 62.7 Å². The molecule has 1 saturated heterocycles. The average Bonchev–Trinajstić information content (AvgIpc) is 3.01. The molecule has 2 N–H and O–H groups in total. The van der Waals surface area contributed by atoms with Gasteiger partial charge in [0.05, 0.1) is 28.8 Å². The summed E-state index contributed by atoms with van der Waals surface area (Å²) in [5, 5.41) is 3.91. The summed E-state index contributed by atoms with van der Waals surface area (Å²) in [5.74, 6) is 0.0737. The number of rotatable bonds is 1. The minimum atomic E-state index is 0.0644. The normalized spacial score (nSPS) is 18.8. The maximum absolute atomic E-state index is 11.5. The van der Waals surface area contributed by atoms with Gasteiger partial charge in [-0.1, -0.05) is 18.2 Å². The van der Waals surface area contributed by atoms with E-state index >= 15 is 0 Å². The van der Waals surface area contributed by atoms with Gasteiger partial charge in [0.15, 0.2) is 4.77 Å². The first-order chi connectivity index (χ1) is 9.74. The molecule has 0 aliphatic carbocycles. The van der Waals surface area contributed by atoms with Gasteiger partial charge in [0.2, 0.25) is 5.91 Å². The van der Waals surface area contributed by atoms with Gasteiger partial charge in [-0.05, 0) is 18.3 Å². The van der Waals surface area contributed by atoms with Gasteiger partial charge >= 0.3 is 0 Å². The summed E-state index contributed by atoms with van der Waals surface area (Å²) in [6, 6.07) is 8.03. The lowest BCUT2D eigenvalue weighted by Gasteiger charge is -2.12. The van der Waals surface area contributed by atoms with Crippen LogP contribution in [0.25, 0.3) is 21.9 Å². The number of H-pyrrole nitrogens is 1. The number of carbonyl (C=O) groups excluding carboxylic acids is 1. The number of carbonyl (C=O) groups is 1. The SMILES string of the molecule is O=C1CC(n2c(=S)[nH]c3cnc4ccccc4c32)CN1. The van der Waals surface area contributed by atoms with Gasteiger partial charge in [-0.15, -0.1) is 0 Å². The molecule has 3 aromatic rings. The molecular formula is C14H12N4OS. The monoisotopic (exact) mass is 284 g/mol. The highest BCUT2D eigenvalue weighted by Crippen LogP contribution is 2.28. The Bertz CT molecular complexity index is 895. The number of pyridine rings is 1. The summed E-state index contributed by atoms with van der Waals surface area (Å²) in [5.41, 5.74) is 2.87. The summed E-state index contributed by atoms with van der Waals surface area (Å²) in [4.78, 5) is 19.1. The summed E-state index contributed by atoms with van der Waals surface area (Å²) >= 11 is 5.43. The number of benzene rings is 1. The van der Waals surface area contributed by atoms with Gasteiger partial charge in [0.1, 0.15) is 0 Å². The predicted octanol–water partition coefficient (Wildman–Crippen LogP) is 2.31. The third kappa shape index (κ3) is 1.58. The number of nitrogens with zero attached hydrogens (tertiary/aromatic N) is 2. The maximum atomic E-state index is 11.5. The quantitative estimate of drug-likeness (QED) is 0.674. The highest BCUT2D eigenvalue weighted by molar-refractivity contribution is 7.71. The molecule has 0 radical (unpaired) electrons. The van der Waals surface area contributed by atoms with Crippen LogP contribution in [0.2, 0.25) is 0 Å². The Hall–Kier alpha value is -2.21. The Kier molecular flexibility index (Phi) is 2.40. The van der Waals surface area contributed by atoms with Crippen LogP contribution in [0.1, 0.15) is 12.5 Å². The first kappa shape index (κ1) is 11.6. The molecule has 6 heteroatoms. The number of hydrogen-bond acceptors (Lipinski definition) is 3.